The molecular weight excluding hydrogens is 210 g/mol. The zero-order valence-corrected chi connectivity index (χ0v) is 9.54. The van der Waals surface area contributed by atoms with Crippen molar-refractivity contribution in [2.75, 3.05) is 25.0 Å². The normalized spacial score (nSPS) is 10.1. The largest absolute Gasteiger partial charge is 0.407 e. The fraction of sp³-hybridized carbons (Fsp3) is 0.667. The monoisotopic (exact) mass is 227 g/mol. The number of hydrogen-bond donors (Lipinski definition) is 3. The van der Waals surface area contributed by atoms with Crippen LogP contribution in [0.1, 0.15) is 19.7 Å². The minimum Gasteiger partial charge on any atom is -0.407 e. The molecule has 0 saturated heterocycles. The minimum atomic E-state index is -0.103. The first-order chi connectivity index (χ1) is 7.76. The first kappa shape index (κ1) is 12.4. The Morgan fingerprint density at radius 1 is 1.31 bits per heavy atom. The van der Waals surface area contributed by atoms with Crippen molar-refractivity contribution >= 4 is 11.9 Å². The summed E-state index contributed by atoms with van der Waals surface area (Å²) in [5.74, 6) is 0.397. The summed E-state index contributed by atoms with van der Waals surface area (Å²) in [5, 5.41) is 16.0. The number of carbonyl (C=O) groups is 1. The standard InChI is InChI=1S/C9H17N5O2/c1-3-10-6-8-13-14-9(16-8)12-5-7(15)11-4-2/h10H,3-6H2,1-2H3,(H,11,15)(H,12,14). The van der Waals surface area contributed by atoms with Crippen molar-refractivity contribution in [1.82, 2.24) is 20.8 Å². The van der Waals surface area contributed by atoms with Crippen LogP contribution in [-0.4, -0.2) is 35.7 Å². The third kappa shape index (κ3) is 4.26. The molecule has 0 aromatic carbocycles. The van der Waals surface area contributed by atoms with Crippen molar-refractivity contribution in [2.24, 2.45) is 0 Å². The third-order valence-electron chi connectivity index (χ3n) is 1.77. The number of likely N-dealkylation sites (N-methyl/N-ethyl adjacent to an activating group) is 1. The lowest BCUT2D eigenvalue weighted by molar-refractivity contribution is -0.119. The summed E-state index contributed by atoms with van der Waals surface area (Å²) in [7, 11) is 0. The Labute approximate surface area is 94.0 Å². The van der Waals surface area contributed by atoms with Crippen molar-refractivity contribution in [3.8, 4) is 0 Å². The second-order valence-corrected chi connectivity index (χ2v) is 3.09. The van der Waals surface area contributed by atoms with Gasteiger partial charge in [-0.1, -0.05) is 12.0 Å². The van der Waals surface area contributed by atoms with E-state index in [0.717, 1.165) is 6.54 Å². The van der Waals surface area contributed by atoms with Crippen LogP contribution in [0.25, 0.3) is 0 Å². The van der Waals surface area contributed by atoms with Gasteiger partial charge in [-0.05, 0) is 13.5 Å². The fourth-order valence-electron chi connectivity index (χ4n) is 1.04. The van der Waals surface area contributed by atoms with E-state index in [2.05, 4.69) is 26.1 Å². The third-order valence-corrected chi connectivity index (χ3v) is 1.77. The molecule has 0 bridgehead atoms. The summed E-state index contributed by atoms with van der Waals surface area (Å²) < 4.78 is 5.24. The molecule has 0 atom stereocenters. The second-order valence-electron chi connectivity index (χ2n) is 3.09. The van der Waals surface area contributed by atoms with Crippen LogP contribution < -0.4 is 16.0 Å². The number of nitrogens with one attached hydrogen (secondary N) is 3. The van der Waals surface area contributed by atoms with E-state index < -0.39 is 0 Å². The number of amides is 1. The summed E-state index contributed by atoms with van der Waals surface area (Å²) in [6.07, 6.45) is 0. The van der Waals surface area contributed by atoms with Gasteiger partial charge in [0.05, 0.1) is 13.1 Å². The average molecular weight is 227 g/mol. The Balaban J connectivity index is 2.31. The van der Waals surface area contributed by atoms with Crippen molar-refractivity contribution in [3.63, 3.8) is 0 Å². The molecule has 0 aliphatic heterocycles. The number of anilines is 1. The van der Waals surface area contributed by atoms with Crippen LogP contribution in [0.3, 0.4) is 0 Å². The predicted octanol–water partition coefficient (Wildman–Crippen LogP) is -0.273. The highest BCUT2D eigenvalue weighted by atomic mass is 16.4. The minimum absolute atomic E-state index is 0.103. The highest BCUT2D eigenvalue weighted by Crippen LogP contribution is 2.03. The van der Waals surface area contributed by atoms with E-state index in [4.69, 9.17) is 4.42 Å². The molecule has 3 N–H and O–H groups in total. The summed E-state index contributed by atoms with van der Waals surface area (Å²) in [5.41, 5.74) is 0. The molecule has 0 spiro atoms. The molecule has 0 radical (unpaired) electrons. The van der Waals surface area contributed by atoms with Gasteiger partial charge in [0.25, 0.3) is 0 Å². The van der Waals surface area contributed by atoms with Gasteiger partial charge in [0, 0.05) is 6.54 Å². The molecule has 0 aliphatic rings. The molecule has 16 heavy (non-hydrogen) atoms. The van der Waals surface area contributed by atoms with Crippen LogP contribution in [-0.2, 0) is 11.3 Å². The SMILES string of the molecule is CCNCc1nnc(NCC(=O)NCC)o1. The van der Waals surface area contributed by atoms with Crippen LogP contribution >= 0.6 is 0 Å². The predicted molar refractivity (Wildman–Crippen MR) is 58.9 cm³/mol. The fourth-order valence-corrected chi connectivity index (χ4v) is 1.04. The van der Waals surface area contributed by atoms with E-state index >= 15 is 0 Å². The van der Waals surface area contributed by atoms with Crippen molar-refractivity contribution < 1.29 is 9.21 Å². The van der Waals surface area contributed by atoms with Gasteiger partial charge in [-0.3, -0.25) is 4.79 Å². The number of hydrogen-bond acceptors (Lipinski definition) is 6. The van der Waals surface area contributed by atoms with Crippen LogP contribution in [0.2, 0.25) is 0 Å². The van der Waals surface area contributed by atoms with Crippen LogP contribution in [0.5, 0.6) is 0 Å². The molecule has 0 saturated carbocycles. The van der Waals surface area contributed by atoms with Crippen molar-refractivity contribution in [2.45, 2.75) is 20.4 Å². The Morgan fingerprint density at radius 2 is 2.12 bits per heavy atom. The van der Waals surface area contributed by atoms with E-state index in [1.807, 2.05) is 13.8 Å². The smallest absolute Gasteiger partial charge is 0.315 e. The molecule has 1 aromatic heterocycles. The second kappa shape index (κ2) is 6.78. The molecule has 1 aromatic rings. The van der Waals surface area contributed by atoms with E-state index in [1.165, 1.54) is 0 Å². The number of rotatable bonds is 7. The summed E-state index contributed by atoms with van der Waals surface area (Å²) in [4.78, 5) is 11.1. The number of nitrogens with zero attached hydrogens (tertiary/aromatic N) is 2. The van der Waals surface area contributed by atoms with E-state index in [9.17, 15) is 4.79 Å². The molecule has 0 unspecified atom stereocenters. The van der Waals surface area contributed by atoms with Gasteiger partial charge in [-0.15, -0.1) is 5.10 Å². The zero-order valence-electron chi connectivity index (χ0n) is 9.54. The molecular formula is C9H17N5O2. The maximum atomic E-state index is 11.1. The summed E-state index contributed by atoms with van der Waals surface area (Å²) >= 11 is 0. The first-order valence-corrected chi connectivity index (χ1v) is 5.30. The van der Waals surface area contributed by atoms with Gasteiger partial charge >= 0.3 is 6.01 Å². The van der Waals surface area contributed by atoms with Gasteiger partial charge < -0.3 is 20.4 Å². The lowest BCUT2D eigenvalue weighted by Crippen LogP contribution is -2.29. The maximum Gasteiger partial charge on any atom is 0.315 e. The van der Waals surface area contributed by atoms with E-state index in [0.29, 0.717) is 19.0 Å². The Hall–Kier alpha value is -1.63. The highest BCUT2D eigenvalue weighted by molar-refractivity contribution is 5.79. The summed E-state index contributed by atoms with van der Waals surface area (Å²) in [6.45, 7) is 5.97. The summed E-state index contributed by atoms with van der Waals surface area (Å²) in [6, 6.07) is 0.263. The van der Waals surface area contributed by atoms with Gasteiger partial charge in [0.15, 0.2) is 0 Å². The lowest BCUT2D eigenvalue weighted by Gasteiger charge is -2.01. The lowest BCUT2D eigenvalue weighted by atomic mass is 10.5. The molecule has 7 nitrogen and oxygen atoms in total. The van der Waals surface area contributed by atoms with E-state index in [-0.39, 0.29) is 18.5 Å². The molecule has 90 valence electrons. The Morgan fingerprint density at radius 3 is 2.81 bits per heavy atom. The van der Waals surface area contributed by atoms with Gasteiger partial charge in [-0.2, -0.15) is 0 Å². The highest BCUT2D eigenvalue weighted by Gasteiger charge is 2.06. The zero-order chi connectivity index (χ0) is 11.8. The average Bonchev–Trinajstić information content (AvgIpc) is 2.72. The molecule has 1 heterocycles. The van der Waals surface area contributed by atoms with Gasteiger partial charge in [-0.25, -0.2) is 0 Å². The molecule has 1 rings (SSSR count). The molecule has 0 fully saturated rings. The topological polar surface area (TPSA) is 92.1 Å². The quantitative estimate of drug-likeness (QED) is 0.593. The Bertz CT molecular complexity index is 325. The molecule has 1 amide bonds. The molecule has 7 heteroatoms. The van der Waals surface area contributed by atoms with Gasteiger partial charge in [0.2, 0.25) is 11.8 Å². The van der Waals surface area contributed by atoms with E-state index in [1.54, 1.807) is 0 Å². The van der Waals surface area contributed by atoms with Crippen LogP contribution in [0.4, 0.5) is 6.01 Å². The van der Waals surface area contributed by atoms with Crippen LogP contribution in [0.15, 0.2) is 4.42 Å². The van der Waals surface area contributed by atoms with Gasteiger partial charge in [0.1, 0.15) is 0 Å². The van der Waals surface area contributed by atoms with Crippen molar-refractivity contribution in [3.05, 3.63) is 5.89 Å². The number of aromatic nitrogens is 2. The maximum absolute atomic E-state index is 11.1. The van der Waals surface area contributed by atoms with Crippen molar-refractivity contribution in [1.29, 1.82) is 0 Å². The number of carbonyl (C=O) groups excluding carboxylic acids is 1. The molecule has 0 aliphatic carbocycles. The van der Waals surface area contributed by atoms with Crippen LogP contribution in [0, 0.1) is 0 Å². The first-order valence-electron chi connectivity index (χ1n) is 5.30. The Kier molecular flexibility index (Phi) is 5.27.